The molecule has 1 aliphatic heterocycles. The molecule has 4 heteroatoms. The van der Waals surface area contributed by atoms with Crippen molar-refractivity contribution in [2.75, 3.05) is 6.54 Å². The Morgan fingerprint density at radius 3 is 2.90 bits per heavy atom. The second kappa shape index (κ2) is 5.54. The zero-order valence-corrected chi connectivity index (χ0v) is 12.4. The fourth-order valence-electron chi connectivity index (χ4n) is 3.23. The molecule has 20 heavy (non-hydrogen) atoms. The highest BCUT2D eigenvalue weighted by Crippen LogP contribution is 2.32. The molecule has 0 radical (unpaired) electrons. The molecule has 108 valence electrons. The fourth-order valence-corrected chi connectivity index (χ4v) is 3.23. The van der Waals surface area contributed by atoms with Crippen LogP contribution in [0.1, 0.15) is 50.4 Å². The molecule has 0 amide bonds. The molecular weight excluding hydrogens is 248 g/mol. The average Bonchev–Trinajstić information content (AvgIpc) is 2.89. The van der Waals surface area contributed by atoms with Crippen LogP contribution < -0.4 is 5.73 Å². The number of imidazole rings is 1. The normalized spacial score (nSPS) is 20.9. The molecule has 0 aromatic carbocycles. The Labute approximate surface area is 120 Å². The van der Waals surface area contributed by atoms with Gasteiger partial charge in [0, 0.05) is 25.0 Å². The Hall–Kier alpha value is -1.39. The summed E-state index contributed by atoms with van der Waals surface area (Å²) in [5, 5.41) is 0. The first-order valence-corrected chi connectivity index (χ1v) is 7.62. The van der Waals surface area contributed by atoms with E-state index in [1.54, 1.807) is 0 Å². The maximum absolute atomic E-state index is 5.71. The first-order valence-electron chi connectivity index (χ1n) is 7.62. The third-order valence-corrected chi connectivity index (χ3v) is 4.32. The van der Waals surface area contributed by atoms with Gasteiger partial charge in [-0.3, -0.25) is 4.90 Å². The number of hydrogen-bond donors (Lipinski definition) is 1. The molecule has 0 saturated carbocycles. The van der Waals surface area contributed by atoms with E-state index in [2.05, 4.69) is 47.7 Å². The van der Waals surface area contributed by atoms with Gasteiger partial charge in [0.2, 0.25) is 0 Å². The van der Waals surface area contributed by atoms with Crippen LogP contribution in [0.2, 0.25) is 0 Å². The van der Waals surface area contributed by atoms with Crippen molar-refractivity contribution in [1.29, 1.82) is 0 Å². The number of pyridine rings is 1. The Morgan fingerprint density at radius 1 is 1.30 bits per heavy atom. The number of piperidine rings is 1. The maximum Gasteiger partial charge on any atom is 0.137 e. The summed E-state index contributed by atoms with van der Waals surface area (Å²) >= 11 is 0. The first-order chi connectivity index (χ1) is 9.69. The first kappa shape index (κ1) is 13.6. The second-order valence-electron chi connectivity index (χ2n) is 6.02. The lowest BCUT2D eigenvalue weighted by Crippen LogP contribution is -2.38. The van der Waals surface area contributed by atoms with Gasteiger partial charge in [0.25, 0.3) is 0 Å². The van der Waals surface area contributed by atoms with Crippen LogP contribution >= 0.6 is 0 Å². The smallest absolute Gasteiger partial charge is 0.137 e. The molecule has 4 nitrogen and oxygen atoms in total. The third kappa shape index (κ3) is 2.45. The van der Waals surface area contributed by atoms with Gasteiger partial charge in [0.1, 0.15) is 5.65 Å². The number of hydrogen-bond acceptors (Lipinski definition) is 3. The van der Waals surface area contributed by atoms with E-state index in [9.17, 15) is 0 Å². The van der Waals surface area contributed by atoms with Crippen LogP contribution in [0.25, 0.3) is 5.65 Å². The monoisotopic (exact) mass is 272 g/mol. The molecule has 0 bridgehead atoms. The topological polar surface area (TPSA) is 46.6 Å². The molecule has 3 heterocycles. The summed E-state index contributed by atoms with van der Waals surface area (Å²) in [6.07, 6.45) is 8.09. The van der Waals surface area contributed by atoms with Crippen molar-refractivity contribution in [1.82, 2.24) is 14.3 Å². The van der Waals surface area contributed by atoms with Gasteiger partial charge in [0.15, 0.2) is 0 Å². The SMILES string of the molecule is CC(C)N1CCCCC1c1cn2cc(CN)ccc2n1. The van der Waals surface area contributed by atoms with Crippen LogP contribution in [-0.2, 0) is 6.54 Å². The van der Waals surface area contributed by atoms with Crippen molar-refractivity contribution < 1.29 is 0 Å². The van der Waals surface area contributed by atoms with Crippen molar-refractivity contribution in [2.24, 2.45) is 5.73 Å². The Morgan fingerprint density at radius 2 is 2.15 bits per heavy atom. The zero-order valence-electron chi connectivity index (χ0n) is 12.4. The molecule has 0 spiro atoms. The highest BCUT2D eigenvalue weighted by molar-refractivity contribution is 5.42. The molecule has 3 rings (SSSR count). The van der Waals surface area contributed by atoms with Crippen LogP contribution in [0.4, 0.5) is 0 Å². The third-order valence-electron chi connectivity index (χ3n) is 4.32. The van der Waals surface area contributed by atoms with E-state index >= 15 is 0 Å². The number of rotatable bonds is 3. The Bertz CT molecular complexity index is 587. The lowest BCUT2D eigenvalue weighted by Gasteiger charge is -2.37. The molecule has 0 aliphatic carbocycles. The van der Waals surface area contributed by atoms with Gasteiger partial charge in [-0.1, -0.05) is 12.5 Å². The molecule has 2 aromatic heterocycles. The van der Waals surface area contributed by atoms with E-state index in [0.29, 0.717) is 18.6 Å². The molecule has 1 saturated heterocycles. The fraction of sp³-hybridized carbons (Fsp3) is 0.562. The summed E-state index contributed by atoms with van der Waals surface area (Å²) in [4.78, 5) is 7.40. The number of nitrogens with zero attached hydrogens (tertiary/aromatic N) is 3. The van der Waals surface area contributed by atoms with Gasteiger partial charge >= 0.3 is 0 Å². The van der Waals surface area contributed by atoms with Crippen molar-refractivity contribution >= 4 is 5.65 Å². The summed E-state index contributed by atoms with van der Waals surface area (Å²) in [6, 6.07) is 5.16. The predicted octanol–water partition coefficient (Wildman–Crippen LogP) is 2.73. The predicted molar refractivity (Wildman–Crippen MR) is 81.5 cm³/mol. The summed E-state index contributed by atoms with van der Waals surface area (Å²) in [5.41, 5.74) is 9.08. The second-order valence-corrected chi connectivity index (χ2v) is 6.02. The summed E-state index contributed by atoms with van der Waals surface area (Å²) in [6.45, 7) is 6.32. The van der Waals surface area contributed by atoms with Crippen LogP contribution in [0.3, 0.4) is 0 Å². The van der Waals surface area contributed by atoms with Crippen molar-refractivity contribution in [2.45, 2.75) is 51.7 Å². The van der Waals surface area contributed by atoms with E-state index in [1.165, 1.54) is 31.5 Å². The van der Waals surface area contributed by atoms with Gasteiger partial charge in [-0.15, -0.1) is 0 Å². The zero-order chi connectivity index (χ0) is 14.1. The number of likely N-dealkylation sites (tertiary alicyclic amines) is 1. The van der Waals surface area contributed by atoms with Gasteiger partial charge < -0.3 is 10.1 Å². The molecule has 1 aliphatic rings. The molecular formula is C16H24N4. The number of fused-ring (bicyclic) bond motifs is 1. The molecule has 2 aromatic rings. The summed E-state index contributed by atoms with van der Waals surface area (Å²) in [7, 11) is 0. The van der Waals surface area contributed by atoms with E-state index < -0.39 is 0 Å². The number of aromatic nitrogens is 2. The Kier molecular flexibility index (Phi) is 3.76. The van der Waals surface area contributed by atoms with Crippen molar-refractivity contribution in [3.8, 4) is 0 Å². The van der Waals surface area contributed by atoms with E-state index in [-0.39, 0.29) is 0 Å². The van der Waals surface area contributed by atoms with E-state index in [4.69, 9.17) is 10.7 Å². The summed E-state index contributed by atoms with van der Waals surface area (Å²) < 4.78 is 2.12. The molecule has 1 atom stereocenters. The lowest BCUT2D eigenvalue weighted by molar-refractivity contribution is 0.109. The van der Waals surface area contributed by atoms with Crippen molar-refractivity contribution in [3.63, 3.8) is 0 Å². The van der Waals surface area contributed by atoms with E-state index in [1.807, 2.05) is 0 Å². The van der Waals surface area contributed by atoms with Crippen LogP contribution in [0.15, 0.2) is 24.5 Å². The minimum atomic E-state index is 0.463. The highest BCUT2D eigenvalue weighted by Gasteiger charge is 2.27. The van der Waals surface area contributed by atoms with Crippen LogP contribution in [-0.4, -0.2) is 26.9 Å². The largest absolute Gasteiger partial charge is 0.326 e. The van der Waals surface area contributed by atoms with Gasteiger partial charge in [0.05, 0.1) is 11.7 Å². The molecule has 1 fully saturated rings. The molecule has 1 unspecified atom stereocenters. The van der Waals surface area contributed by atoms with Gasteiger partial charge in [-0.2, -0.15) is 0 Å². The maximum atomic E-state index is 5.71. The summed E-state index contributed by atoms with van der Waals surface area (Å²) in [5.74, 6) is 0. The van der Waals surface area contributed by atoms with Gasteiger partial charge in [-0.05, 0) is 44.9 Å². The minimum Gasteiger partial charge on any atom is -0.326 e. The molecule has 2 N–H and O–H groups in total. The standard InChI is InChI=1S/C16H24N4/c1-12(2)20-8-4-3-5-15(20)14-11-19-10-13(9-17)6-7-16(19)18-14/h6-7,10-12,15H,3-5,8-9,17H2,1-2H3. The highest BCUT2D eigenvalue weighted by atomic mass is 15.2. The number of nitrogens with two attached hydrogens (primary N) is 1. The van der Waals surface area contributed by atoms with Crippen LogP contribution in [0.5, 0.6) is 0 Å². The lowest BCUT2D eigenvalue weighted by atomic mass is 9.98. The van der Waals surface area contributed by atoms with Crippen LogP contribution in [0, 0.1) is 0 Å². The Balaban J connectivity index is 1.95. The van der Waals surface area contributed by atoms with Crippen molar-refractivity contribution in [3.05, 3.63) is 35.8 Å². The average molecular weight is 272 g/mol. The van der Waals surface area contributed by atoms with Gasteiger partial charge in [-0.25, -0.2) is 4.98 Å². The van der Waals surface area contributed by atoms with E-state index in [0.717, 1.165) is 11.2 Å². The minimum absolute atomic E-state index is 0.463. The quantitative estimate of drug-likeness (QED) is 0.934.